The van der Waals surface area contributed by atoms with Crippen LogP contribution in [0.2, 0.25) is 0 Å². The topological polar surface area (TPSA) is 20.3 Å². The van der Waals surface area contributed by atoms with Crippen molar-refractivity contribution in [3.8, 4) is 0 Å². The van der Waals surface area contributed by atoms with Gasteiger partial charge in [0.05, 0.1) is 6.54 Å². The van der Waals surface area contributed by atoms with Gasteiger partial charge in [0.1, 0.15) is 0 Å². The lowest BCUT2D eigenvalue weighted by atomic mass is 10.1. The Morgan fingerprint density at radius 2 is 1.76 bits per heavy atom. The monoisotopic (exact) mass is 275 g/mol. The molecule has 2 aromatic carbocycles. The maximum atomic E-state index is 12.8. The smallest absolute Gasteiger partial charge is 0.258 e. The van der Waals surface area contributed by atoms with E-state index in [4.69, 9.17) is 0 Å². The number of hydrogen-bond donors (Lipinski definition) is 0. The molecule has 0 unspecified atom stereocenters. The van der Waals surface area contributed by atoms with Gasteiger partial charge in [0.2, 0.25) is 0 Å². The molecule has 2 heteroatoms. The maximum absolute atomic E-state index is 12.8. The number of fused-ring (bicyclic) bond motifs is 1. The summed E-state index contributed by atoms with van der Waals surface area (Å²) < 4.78 is 0. The Labute approximate surface area is 125 Å². The number of allylic oxidation sites excluding steroid dienone is 1. The van der Waals surface area contributed by atoms with Crippen LogP contribution < -0.4 is 4.90 Å². The van der Waals surface area contributed by atoms with Crippen LogP contribution in [0.3, 0.4) is 0 Å². The number of hydrogen-bond acceptors (Lipinski definition) is 1. The van der Waals surface area contributed by atoms with Crippen molar-refractivity contribution >= 4 is 11.6 Å². The molecule has 0 aromatic heterocycles. The minimum absolute atomic E-state index is 0.0256. The summed E-state index contributed by atoms with van der Waals surface area (Å²) in [6.07, 6.45) is 4.80. The third kappa shape index (κ3) is 2.65. The van der Waals surface area contributed by atoms with Crippen LogP contribution in [0.1, 0.15) is 15.9 Å². The summed E-state index contributed by atoms with van der Waals surface area (Å²) in [7, 11) is 0. The van der Waals surface area contributed by atoms with Crippen molar-refractivity contribution < 1.29 is 4.79 Å². The van der Waals surface area contributed by atoms with Gasteiger partial charge in [-0.25, -0.2) is 0 Å². The highest BCUT2D eigenvalue weighted by Crippen LogP contribution is 2.27. The molecule has 0 aliphatic carbocycles. The van der Waals surface area contributed by atoms with Crippen LogP contribution in [0.25, 0.3) is 0 Å². The highest BCUT2D eigenvalue weighted by atomic mass is 16.2. The fourth-order valence-corrected chi connectivity index (χ4v) is 2.59. The van der Waals surface area contributed by atoms with Gasteiger partial charge < -0.3 is 4.90 Å². The SMILES string of the molecule is C=CC1=CCc2ccccc2N(C(=O)c2ccccc2)C1. The van der Waals surface area contributed by atoms with Crippen molar-refractivity contribution in [3.05, 3.63) is 90.0 Å². The van der Waals surface area contributed by atoms with Crippen molar-refractivity contribution in [2.75, 3.05) is 11.4 Å². The molecular weight excluding hydrogens is 258 g/mol. The second kappa shape index (κ2) is 5.80. The van der Waals surface area contributed by atoms with Crippen molar-refractivity contribution in [2.45, 2.75) is 6.42 Å². The van der Waals surface area contributed by atoms with Gasteiger partial charge in [0, 0.05) is 11.3 Å². The minimum Gasteiger partial charge on any atom is -0.304 e. The quantitative estimate of drug-likeness (QED) is 0.811. The predicted octanol–water partition coefficient (Wildman–Crippen LogP) is 4.00. The number of rotatable bonds is 2. The molecule has 0 saturated carbocycles. The van der Waals surface area contributed by atoms with E-state index in [1.165, 1.54) is 5.56 Å². The van der Waals surface area contributed by atoms with Crippen LogP contribution in [-0.4, -0.2) is 12.5 Å². The summed E-state index contributed by atoms with van der Waals surface area (Å²) in [6.45, 7) is 4.41. The number of para-hydroxylation sites is 1. The zero-order chi connectivity index (χ0) is 14.7. The first-order valence-corrected chi connectivity index (χ1v) is 7.06. The summed E-state index contributed by atoms with van der Waals surface area (Å²) >= 11 is 0. The second-order valence-electron chi connectivity index (χ2n) is 5.07. The van der Waals surface area contributed by atoms with E-state index in [2.05, 4.69) is 18.7 Å². The Balaban J connectivity index is 2.05. The molecule has 0 saturated heterocycles. The number of nitrogens with zero attached hydrogens (tertiary/aromatic N) is 1. The van der Waals surface area contributed by atoms with Crippen LogP contribution in [0.15, 0.2) is 78.9 Å². The minimum atomic E-state index is 0.0256. The summed E-state index contributed by atoms with van der Waals surface area (Å²) in [6, 6.07) is 17.5. The molecule has 21 heavy (non-hydrogen) atoms. The van der Waals surface area contributed by atoms with Crippen molar-refractivity contribution in [1.29, 1.82) is 0 Å². The van der Waals surface area contributed by atoms with Crippen molar-refractivity contribution in [3.63, 3.8) is 0 Å². The molecule has 0 bridgehead atoms. The average Bonchev–Trinajstić information content (AvgIpc) is 2.74. The Morgan fingerprint density at radius 1 is 1.05 bits per heavy atom. The van der Waals surface area contributed by atoms with Gasteiger partial charge in [-0.1, -0.05) is 55.1 Å². The number of amides is 1. The molecule has 0 spiro atoms. The molecule has 2 nitrogen and oxygen atoms in total. The van der Waals surface area contributed by atoms with E-state index in [0.29, 0.717) is 12.1 Å². The molecule has 0 radical (unpaired) electrons. The standard InChI is InChI=1S/C19H17NO/c1-2-15-12-13-16-8-6-7-11-18(16)20(14-15)19(21)17-9-4-3-5-10-17/h2-12H,1,13-14H2. The molecule has 1 amide bonds. The van der Waals surface area contributed by atoms with Gasteiger partial charge in [0.25, 0.3) is 5.91 Å². The highest BCUT2D eigenvalue weighted by Gasteiger charge is 2.22. The molecule has 0 N–H and O–H groups in total. The summed E-state index contributed by atoms with van der Waals surface area (Å²) in [5.41, 5.74) is 3.94. The molecular formula is C19H17NO. The number of carbonyl (C=O) groups excluding carboxylic acids is 1. The lowest BCUT2D eigenvalue weighted by Gasteiger charge is -2.24. The van der Waals surface area contributed by atoms with Gasteiger partial charge in [-0.2, -0.15) is 0 Å². The van der Waals surface area contributed by atoms with E-state index in [1.807, 2.05) is 59.5 Å². The first-order valence-electron chi connectivity index (χ1n) is 7.06. The number of anilines is 1. The largest absolute Gasteiger partial charge is 0.304 e. The molecule has 0 fully saturated rings. The lowest BCUT2D eigenvalue weighted by Crippen LogP contribution is -2.32. The van der Waals surface area contributed by atoms with E-state index in [-0.39, 0.29) is 5.91 Å². The van der Waals surface area contributed by atoms with Crippen LogP contribution in [-0.2, 0) is 6.42 Å². The van der Waals surface area contributed by atoms with Gasteiger partial charge >= 0.3 is 0 Å². The number of carbonyl (C=O) groups is 1. The van der Waals surface area contributed by atoms with Crippen molar-refractivity contribution in [2.24, 2.45) is 0 Å². The van der Waals surface area contributed by atoms with E-state index in [0.717, 1.165) is 17.7 Å². The van der Waals surface area contributed by atoms with E-state index in [1.54, 1.807) is 0 Å². The molecule has 2 aromatic rings. The zero-order valence-electron chi connectivity index (χ0n) is 11.8. The van der Waals surface area contributed by atoms with E-state index < -0.39 is 0 Å². The summed E-state index contributed by atoms with van der Waals surface area (Å²) in [4.78, 5) is 14.7. The van der Waals surface area contributed by atoms with Gasteiger partial charge in [-0.3, -0.25) is 4.79 Å². The van der Waals surface area contributed by atoms with Crippen LogP contribution in [0.4, 0.5) is 5.69 Å². The molecule has 1 heterocycles. The molecule has 0 atom stereocenters. The van der Waals surface area contributed by atoms with Gasteiger partial charge in [-0.05, 0) is 35.8 Å². The third-order valence-corrected chi connectivity index (χ3v) is 3.74. The number of benzene rings is 2. The van der Waals surface area contributed by atoms with Crippen molar-refractivity contribution in [1.82, 2.24) is 0 Å². The predicted molar refractivity (Wildman–Crippen MR) is 86.5 cm³/mol. The first kappa shape index (κ1) is 13.4. The molecule has 3 rings (SSSR count). The maximum Gasteiger partial charge on any atom is 0.258 e. The zero-order valence-corrected chi connectivity index (χ0v) is 11.8. The summed E-state index contributed by atoms with van der Waals surface area (Å²) in [5.74, 6) is 0.0256. The van der Waals surface area contributed by atoms with Crippen LogP contribution >= 0.6 is 0 Å². The van der Waals surface area contributed by atoms with E-state index in [9.17, 15) is 4.79 Å². The fourth-order valence-electron chi connectivity index (χ4n) is 2.59. The molecule has 1 aliphatic rings. The first-order chi connectivity index (χ1) is 10.3. The Bertz CT molecular complexity index is 701. The van der Waals surface area contributed by atoms with Crippen LogP contribution in [0, 0.1) is 0 Å². The van der Waals surface area contributed by atoms with Crippen LogP contribution in [0.5, 0.6) is 0 Å². The Morgan fingerprint density at radius 3 is 2.52 bits per heavy atom. The highest BCUT2D eigenvalue weighted by molar-refractivity contribution is 6.07. The Hall–Kier alpha value is -2.61. The molecule has 104 valence electrons. The van der Waals surface area contributed by atoms with Gasteiger partial charge in [0.15, 0.2) is 0 Å². The van der Waals surface area contributed by atoms with E-state index >= 15 is 0 Å². The average molecular weight is 275 g/mol. The second-order valence-corrected chi connectivity index (χ2v) is 5.07. The lowest BCUT2D eigenvalue weighted by molar-refractivity contribution is 0.0989. The Kier molecular flexibility index (Phi) is 3.69. The van der Waals surface area contributed by atoms with Gasteiger partial charge in [-0.15, -0.1) is 0 Å². The summed E-state index contributed by atoms with van der Waals surface area (Å²) in [5, 5.41) is 0. The fraction of sp³-hybridized carbons (Fsp3) is 0.105. The molecule has 1 aliphatic heterocycles. The third-order valence-electron chi connectivity index (χ3n) is 3.74. The normalized spacial score (nSPS) is 13.9.